The first-order valence-electron chi connectivity index (χ1n) is 14.2. The van der Waals surface area contributed by atoms with Gasteiger partial charge in [0.1, 0.15) is 17.1 Å². The van der Waals surface area contributed by atoms with Gasteiger partial charge in [-0.2, -0.15) is 0 Å². The molecule has 2 aromatic rings. The number of unbranched alkanes of at least 4 members (excludes halogenated alkanes) is 3. The van der Waals surface area contributed by atoms with Crippen LogP contribution in [-0.2, 0) is 5.41 Å². The zero-order valence-corrected chi connectivity index (χ0v) is 23.5. The first kappa shape index (κ1) is 26.5. The molecule has 1 aliphatic carbocycles. The number of amides is 2. The van der Waals surface area contributed by atoms with Crippen molar-refractivity contribution in [3.63, 3.8) is 0 Å². The molecular formula is C33H41NO4. The molecule has 5 rings (SSSR count). The van der Waals surface area contributed by atoms with E-state index in [1.165, 1.54) is 30.6 Å². The van der Waals surface area contributed by atoms with E-state index in [9.17, 15) is 14.7 Å². The van der Waals surface area contributed by atoms with Crippen molar-refractivity contribution in [1.29, 1.82) is 0 Å². The fourth-order valence-electron chi connectivity index (χ4n) is 6.71. The summed E-state index contributed by atoms with van der Waals surface area (Å²) in [4.78, 5) is 27.3. The Hall–Kier alpha value is -3.08. The van der Waals surface area contributed by atoms with Gasteiger partial charge in [0, 0.05) is 17.4 Å². The number of phenolic OH excluding ortho intramolecular Hbond substituents is 1. The molecule has 5 nitrogen and oxygen atoms in total. The van der Waals surface area contributed by atoms with E-state index < -0.39 is 5.60 Å². The van der Waals surface area contributed by atoms with Crippen LogP contribution in [0.15, 0.2) is 48.0 Å². The number of hydrogen-bond acceptors (Lipinski definition) is 4. The van der Waals surface area contributed by atoms with Crippen LogP contribution in [0.25, 0.3) is 0 Å². The Balaban J connectivity index is 1.40. The van der Waals surface area contributed by atoms with Gasteiger partial charge in [0.15, 0.2) is 0 Å². The van der Waals surface area contributed by atoms with Crippen molar-refractivity contribution < 1.29 is 19.4 Å². The summed E-state index contributed by atoms with van der Waals surface area (Å²) in [5.41, 5.74) is 3.53. The van der Waals surface area contributed by atoms with Crippen molar-refractivity contribution in [2.24, 2.45) is 5.92 Å². The predicted octanol–water partition coefficient (Wildman–Crippen LogP) is 7.53. The molecule has 0 spiro atoms. The molecule has 2 atom stereocenters. The largest absolute Gasteiger partial charge is 0.508 e. The first-order valence-corrected chi connectivity index (χ1v) is 14.2. The van der Waals surface area contributed by atoms with E-state index in [1.807, 2.05) is 6.07 Å². The molecule has 2 aliphatic heterocycles. The molecule has 0 bridgehead atoms. The Bertz CT molecular complexity index is 1250. The fraction of sp³-hybridized carbons (Fsp3) is 0.515. The lowest BCUT2D eigenvalue weighted by atomic mass is 9.66. The molecule has 0 fully saturated rings. The SMILES string of the molecule is CCCCCCC(C)(C)c1cc(O)c2c(c1)OC(C)(C)C1CC=C(CN3C(=O)c4ccccc4C3=O)CC21. The highest BCUT2D eigenvalue weighted by atomic mass is 16.5. The summed E-state index contributed by atoms with van der Waals surface area (Å²) in [7, 11) is 0. The average molecular weight is 516 g/mol. The van der Waals surface area contributed by atoms with Crippen molar-refractivity contribution in [2.75, 3.05) is 6.54 Å². The molecule has 0 radical (unpaired) electrons. The Labute approximate surface area is 226 Å². The Morgan fingerprint density at radius 3 is 2.39 bits per heavy atom. The van der Waals surface area contributed by atoms with Crippen molar-refractivity contribution in [1.82, 2.24) is 4.90 Å². The lowest BCUT2D eigenvalue weighted by Crippen LogP contribution is -2.46. The molecule has 3 aliphatic rings. The van der Waals surface area contributed by atoms with Crippen molar-refractivity contribution in [3.8, 4) is 11.5 Å². The third-order valence-corrected chi connectivity index (χ3v) is 9.06. The molecule has 0 saturated heterocycles. The number of carbonyl (C=O) groups excluding carboxylic acids is 2. The number of ether oxygens (including phenoxy) is 1. The van der Waals surface area contributed by atoms with Crippen molar-refractivity contribution in [2.45, 2.75) is 96.5 Å². The fourth-order valence-corrected chi connectivity index (χ4v) is 6.71. The second-order valence-corrected chi connectivity index (χ2v) is 12.6. The smallest absolute Gasteiger partial charge is 0.261 e. The maximum atomic E-state index is 13.0. The molecule has 38 heavy (non-hydrogen) atoms. The monoisotopic (exact) mass is 515 g/mol. The van der Waals surface area contributed by atoms with Gasteiger partial charge in [-0.25, -0.2) is 0 Å². The zero-order valence-electron chi connectivity index (χ0n) is 23.5. The van der Waals surface area contributed by atoms with Crippen LogP contribution in [-0.4, -0.2) is 34.0 Å². The summed E-state index contributed by atoms with van der Waals surface area (Å²) < 4.78 is 6.59. The normalized spacial score (nSPS) is 21.9. The van der Waals surface area contributed by atoms with E-state index in [-0.39, 0.29) is 35.6 Å². The van der Waals surface area contributed by atoms with E-state index in [2.05, 4.69) is 46.8 Å². The highest BCUT2D eigenvalue weighted by Gasteiger charge is 2.47. The lowest BCUT2D eigenvalue weighted by Gasteiger charge is -2.47. The number of phenols is 1. The van der Waals surface area contributed by atoms with Crippen LogP contribution in [0.2, 0.25) is 0 Å². The maximum absolute atomic E-state index is 13.0. The zero-order chi connectivity index (χ0) is 27.2. The second kappa shape index (κ2) is 9.91. The lowest BCUT2D eigenvalue weighted by molar-refractivity contribution is 0.00683. The summed E-state index contributed by atoms with van der Waals surface area (Å²) in [6.07, 6.45) is 9.57. The molecule has 0 saturated carbocycles. The molecule has 1 N–H and O–H groups in total. The number of benzene rings is 2. The molecular weight excluding hydrogens is 474 g/mol. The van der Waals surface area contributed by atoms with Crippen LogP contribution in [0.4, 0.5) is 0 Å². The minimum absolute atomic E-state index is 0.0608. The van der Waals surface area contributed by atoms with Crippen LogP contribution >= 0.6 is 0 Å². The first-order chi connectivity index (χ1) is 18.0. The van der Waals surface area contributed by atoms with Gasteiger partial charge < -0.3 is 9.84 Å². The van der Waals surface area contributed by atoms with Gasteiger partial charge in [-0.15, -0.1) is 0 Å². The van der Waals surface area contributed by atoms with Crippen LogP contribution in [0.5, 0.6) is 11.5 Å². The molecule has 2 amide bonds. The highest BCUT2D eigenvalue weighted by molar-refractivity contribution is 6.21. The number of nitrogens with zero attached hydrogens (tertiary/aromatic N) is 1. The molecule has 202 valence electrons. The molecule has 5 heteroatoms. The van der Waals surface area contributed by atoms with Crippen LogP contribution < -0.4 is 4.74 Å². The number of imide groups is 1. The highest BCUT2D eigenvalue weighted by Crippen LogP contribution is 2.55. The van der Waals surface area contributed by atoms with Crippen molar-refractivity contribution in [3.05, 3.63) is 70.3 Å². The van der Waals surface area contributed by atoms with Crippen molar-refractivity contribution >= 4 is 11.8 Å². The van der Waals surface area contributed by atoms with Gasteiger partial charge in [-0.05, 0) is 68.4 Å². The Kier molecular flexibility index (Phi) is 6.91. The van der Waals surface area contributed by atoms with E-state index >= 15 is 0 Å². The average Bonchev–Trinajstić information content (AvgIpc) is 3.11. The van der Waals surface area contributed by atoms with Gasteiger partial charge >= 0.3 is 0 Å². The third kappa shape index (κ3) is 4.65. The molecule has 2 unspecified atom stereocenters. The van der Waals surface area contributed by atoms with E-state index in [4.69, 9.17) is 4.74 Å². The minimum atomic E-state index is -0.397. The van der Waals surface area contributed by atoms with Gasteiger partial charge in [0.05, 0.1) is 17.7 Å². The number of allylic oxidation sites excluding steroid dienone is 1. The van der Waals surface area contributed by atoms with Gasteiger partial charge in [0.25, 0.3) is 11.8 Å². The molecule has 2 aromatic carbocycles. The summed E-state index contributed by atoms with van der Waals surface area (Å²) in [6.45, 7) is 11.3. The summed E-state index contributed by atoms with van der Waals surface area (Å²) in [6, 6.07) is 11.1. The number of aromatic hydroxyl groups is 1. The topological polar surface area (TPSA) is 66.8 Å². The van der Waals surface area contributed by atoms with E-state index in [1.54, 1.807) is 24.3 Å². The van der Waals surface area contributed by atoms with E-state index in [0.717, 1.165) is 35.3 Å². The van der Waals surface area contributed by atoms with Gasteiger partial charge in [-0.1, -0.05) is 70.2 Å². The standard InChI is InChI=1S/C33H41NO4/c1-6-7-8-11-16-32(2,3)22-18-27(35)29-25-17-21(14-15-26(25)33(4,5)38-28(29)19-22)20-34-30(36)23-12-9-10-13-24(23)31(34)37/h9-10,12-14,18-19,25-26,35H,6-8,11,15-17,20H2,1-5H3. The number of carbonyl (C=O) groups is 2. The molecule has 0 aromatic heterocycles. The third-order valence-electron chi connectivity index (χ3n) is 9.06. The van der Waals surface area contributed by atoms with Gasteiger partial charge in [0.2, 0.25) is 0 Å². The van der Waals surface area contributed by atoms with Crippen LogP contribution in [0.1, 0.15) is 117 Å². The number of fused-ring (bicyclic) bond motifs is 4. The Morgan fingerprint density at radius 2 is 1.74 bits per heavy atom. The maximum Gasteiger partial charge on any atom is 0.261 e. The quantitative estimate of drug-likeness (QED) is 0.224. The summed E-state index contributed by atoms with van der Waals surface area (Å²) in [5.74, 6) is 0.872. The summed E-state index contributed by atoms with van der Waals surface area (Å²) >= 11 is 0. The number of hydrogen-bond donors (Lipinski definition) is 1. The second-order valence-electron chi connectivity index (χ2n) is 12.6. The van der Waals surface area contributed by atoms with Gasteiger partial charge in [-0.3, -0.25) is 14.5 Å². The minimum Gasteiger partial charge on any atom is -0.508 e. The predicted molar refractivity (Wildman–Crippen MR) is 150 cm³/mol. The number of rotatable bonds is 8. The Morgan fingerprint density at radius 1 is 1.05 bits per heavy atom. The van der Waals surface area contributed by atoms with Crippen LogP contribution in [0.3, 0.4) is 0 Å². The van der Waals surface area contributed by atoms with Crippen LogP contribution in [0, 0.1) is 5.92 Å². The summed E-state index contributed by atoms with van der Waals surface area (Å²) in [5, 5.41) is 11.4. The van der Waals surface area contributed by atoms with E-state index in [0.29, 0.717) is 23.3 Å². The molecule has 2 heterocycles.